The van der Waals surface area contributed by atoms with Crippen molar-refractivity contribution in [3.8, 4) is 0 Å². The third-order valence-corrected chi connectivity index (χ3v) is 5.11. The third-order valence-electron chi connectivity index (χ3n) is 5.11. The molecule has 2 unspecified atom stereocenters. The van der Waals surface area contributed by atoms with Crippen LogP contribution >= 0.6 is 0 Å². The number of carbonyl (C=O) groups excluding carboxylic acids is 1. The lowest BCUT2D eigenvalue weighted by atomic mass is 9.69. The van der Waals surface area contributed by atoms with Crippen molar-refractivity contribution in [3.63, 3.8) is 0 Å². The molecule has 19 heavy (non-hydrogen) atoms. The number of likely N-dealkylation sites (tertiary alicyclic amines) is 1. The lowest BCUT2D eigenvalue weighted by molar-refractivity contribution is -0.148. The van der Waals surface area contributed by atoms with Crippen LogP contribution in [0.2, 0.25) is 0 Å². The van der Waals surface area contributed by atoms with Crippen LogP contribution in [0.1, 0.15) is 25.7 Å². The summed E-state index contributed by atoms with van der Waals surface area (Å²) < 4.78 is 5.92. The van der Waals surface area contributed by atoms with Crippen LogP contribution in [0.3, 0.4) is 0 Å². The minimum Gasteiger partial charge on any atom is -0.480 e. The summed E-state index contributed by atoms with van der Waals surface area (Å²) >= 11 is 0. The van der Waals surface area contributed by atoms with E-state index in [0.29, 0.717) is 19.1 Å². The van der Waals surface area contributed by atoms with Crippen molar-refractivity contribution in [2.45, 2.75) is 37.8 Å². The standard InChI is InChI=1S/C13H20BNO4/c14-13(18)15-5-7-6-19-9-4-2-1-3-8(9)10(7)11(15)12(16)17/h7-11H,1-6,14H2,(H,16,17)/t7-,8?,9?,10-,11+/m1/s1. The fourth-order valence-electron chi connectivity index (χ4n) is 4.34. The van der Waals surface area contributed by atoms with Gasteiger partial charge in [0.1, 0.15) is 6.04 Å². The molecule has 2 aliphatic heterocycles. The van der Waals surface area contributed by atoms with Crippen LogP contribution < -0.4 is 0 Å². The van der Waals surface area contributed by atoms with Crippen LogP contribution in [0.5, 0.6) is 0 Å². The predicted molar refractivity (Wildman–Crippen MR) is 70.7 cm³/mol. The molecule has 3 fully saturated rings. The van der Waals surface area contributed by atoms with Crippen molar-refractivity contribution in [2.24, 2.45) is 17.8 Å². The second-order valence-electron chi connectivity index (χ2n) is 6.11. The Morgan fingerprint density at radius 2 is 2.00 bits per heavy atom. The maximum Gasteiger partial charge on any atom is 0.326 e. The minimum absolute atomic E-state index is 0.0837. The van der Waals surface area contributed by atoms with Gasteiger partial charge in [0.25, 0.3) is 0 Å². The van der Waals surface area contributed by atoms with Crippen molar-refractivity contribution in [2.75, 3.05) is 13.2 Å². The Kier molecular flexibility index (Phi) is 3.29. The molecule has 3 aliphatic rings. The van der Waals surface area contributed by atoms with E-state index in [1.165, 1.54) is 19.2 Å². The summed E-state index contributed by atoms with van der Waals surface area (Å²) in [5, 5.41) is 9.53. The van der Waals surface area contributed by atoms with Gasteiger partial charge in [0.15, 0.2) is 5.81 Å². The molecule has 0 aromatic carbocycles. The Hall–Kier alpha value is -1.04. The zero-order valence-corrected chi connectivity index (χ0v) is 11.2. The monoisotopic (exact) mass is 265 g/mol. The van der Waals surface area contributed by atoms with Gasteiger partial charge in [-0.15, -0.1) is 0 Å². The average molecular weight is 265 g/mol. The number of carbonyl (C=O) groups is 2. The first-order valence-corrected chi connectivity index (χ1v) is 7.21. The van der Waals surface area contributed by atoms with Gasteiger partial charge in [-0.3, -0.25) is 4.79 Å². The first kappa shape index (κ1) is 13.0. The summed E-state index contributed by atoms with van der Waals surface area (Å²) in [5.41, 5.74) is 0. The predicted octanol–water partition coefficient (Wildman–Crippen LogP) is 0.330. The Morgan fingerprint density at radius 1 is 1.26 bits per heavy atom. The Balaban J connectivity index is 1.90. The zero-order chi connectivity index (χ0) is 13.6. The van der Waals surface area contributed by atoms with E-state index in [2.05, 4.69) is 0 Å². The molecule has 5 nitrogen and oxygen atoms in total. The van der Waals surface area contributed by atoms with Gasteiger partial charge in [0.2, 0.25) is 7.85 Å². The van der Waals surface area contributed by atoms with Gasteiger partial charge in [-0.05, 0) is 18.8 Å². The van der Waals surface area contributed by atoms with Crippen molar-refractivity contribution < 1.29 is 19.4 Å². The molecule has 6 heteroatoms. The molecule has 5 atom stereocenters. The molecule has 0 aromatic rings. The smallest absolute Gasteiger partial charge is 0.326 e. The molecule has 2 heterocycles. The average Bonchev–Trinajstić information content (AvgIpc) is 2.78. The molecular weight excluding hydrogens is 245 g/mol. The molecule has 0 bridgehead atoms. The SMILES string of the molecule is BC(=O)N1C[C@@H]2COC3CCCCC3[C@@H]2[C@H]1C(=O)O. The van der Waals surface area contributed by atoms with E-state index < -0.39 is 12.0 Å². The first-order valence-electron chi connectivity index (χ1n) is 7.21. The van der Waals surface area contributed by atoms with Gasteiger partial charge in [-0.25, -0.2) is 4.79 Å². The third kappa shape index (κ3) is 2.06. The molecule has 1 amide bonds. The molecule has 1 aliphatic carbocycles. The molecule has 1 N–H and O–H groups in total. The lowest BCUT2D eigenvalue weighted by Gasteiger charge is -2.43. The van der Waals surface area contributed by atoms with Crippen LogP contribution in [0.25, 0.3) is 0 Å². The van der Waals surface area contributed by atoms with Gasteiger partial charge in [-0.2, -0.15) is 0 Å². The highest BCUT2D eigenvalue weighted by molar-refractivity contribution is 6.57. The van der Waals surface area contributed by atoms with E-state index in [4.69, 9.17) is 4.74 Å². The van der Waals surface area contributed by atoms with Crippen molar-refractivity contribution in [1.82, 2.24) is 4.90 Å². The molecule has 0 spiro atoms. The number of nitrogens with zero attached hydrogens (tertiary/aromatic N) is 1. The zero-order valence-electron chi connectivity index (χ0n) is 11.2. The van der Waals surface area contributed by atoms with Crippen LogP contribution in [-0.4, -0.2) is 54.9 Å². The molecule has 0 aromatic heterocycles. The number of aliphatic carboxylic acids is 1. The highest BCUT2D eigenvalue weighted by Gasteiger charge is 2.54. The van der Waals surface area contributed by atoms with E-state index in [0.717, 1.165) is 19.3 Å². The number of fused-ring (bicyclic) bond motifs is 3. The number of ether oxygens (including phenoxy) is 1. The number of carboxylic acid groups (broad SMARTS) is 1. The summed E-state index contributed by atoms with van der Waals surface area (Å²) in [6.07, 6.45) is 4.62. The van der Waals surface area contributed by atoms with Gasteiger partial charge >= 0.3 is 5.97 Å². The molecular formula is C13H20BNO4. The Bertz CT molecular complexity index is 402. The number of hydrogen-bond acceptors (Lipinski definition) is 3. The number of amides is 1. The Morgan fingerprint density at radius 3 is 2.68 bits per heavy atom. The van der Waals surface area contributed by atoms with Crippen molar-refractivity contribution in [3.05, 3.63) is 0 Å². The lowest BCUT2D eigenvalue weighted by Crippen LogP contribution is -2.49. The highest BCUT2D eigenvalue weighted by Crippen LogP contribution is 2.46. The van der Waals surface area contributed by atoms with Crippen molar-refractivity contribution >= 4 is 19.6 Å². The number of carboxylic acids is 1. The second-order valence-corrected chi connectivity index (χ2v) is 6.11. The van der Waals surface area contributed by atoms with Crippen LogP contribution in [0, 0.1) is 17.8 Å². The summed E-state index contributed by atoms with van der Waals surface area (Å²) in [5.74, 6) is -0.383. The summed E-state index contributed by atoms with van der Waals surface area (Å²) in [7, 11) is 1.46. The van der Waals surface area contributed by atoms with E-state index in [1.54, 1.807) is 0 Å². The number of rotatable bonds is 1. The first-order chi connectivity index (χ1) is 9.09. The normalized spacial score (nSPS) is 41.5. The van der Waals surface area contributed by atoms with Gasteiger partial charge in [-0.1, -0.05) is 12.8 Å². The molecule has 0 radical (unpaired) electrons. The number of hydrogen-bond donors (Lipinski definition) is 1. The van der Waals surface area contributed by atoms with E-state index in [9.17, 15) is 14.7 Å². The minimum atomic E-state index is -0.853. The van der Waals surface area contributed by atoms with E-state index in [-0.39, 0.29) is 23.7 Å². The molecule has 3 rings (SSSR count). The van der Waals surface area contributed by atoms with Crippen LogP contribution in [0.15, 0.2) is 0 Å². The molecule has 104 valence electrons. The highest BCUT2D eigenvalue weighted by atomic mass is 16.5. The maximum absolute atomic E-state index is 11.7. The van der Waals surface area contributed by atoms with E-state index in [1.807, 2.05) is 0 Å². The fourth-order valence-corrected chi connectivity index (χ4v) is 4.34. The van der Waals surface area contributed by atoms with Crippen LogP contribution in [-0.2, 0) is 9.53 Å². The largest absolute Gasteiger partial charge is 0.480 e. The van der Waals surface area contributed by atoms with Gasteiger partial charge < -0.3 is 14.7 Å². The summed E-state index contributed by atoms with van der Waals surface area (Å²) in [4.78, 5) is 24.8. The quantitative estimate of drug-likeness (QED) is 0.694. The Labute approximate surface area is 113 Å². The summed E-state index contributed by atoms with van der Waals surface area (Å²) in [6.45, 7) is 1.15. The summed E-state index contributed by atoms with van der Waals surface area (Å²) in [6, 6.07) is -0.642. The van der Waals surface area contributed by atoms with E-state index >= 15 is 0 Å². The topological polar surface area (TPSA) is 66.8 Å². The van der Waals surface area contributed by atoms with Crippen molar-refractivity contribution in [1.29, 1.82) is 0 Å². The maximum atomic E-state index is 11.7. The molecule has 1 saturated carbocycles. The van der Waals surface area contributed by atoms with Gasteiger partial charge in [0.05, 0.1) is 12.7 Å². The van der Waals surface area contributed by atoms with Gasteiger partial charge in [0, 0.05) is 18.4 Å². The van der Waals surface area contributed by atoms with Crippen LogP contribution in [0.4, 0.5) is 4.79 Å². The molecule has 2 saturated heterocycles. The second kappa shape index (κ2) is 4.82. The fraction of sp³-hybridized carbons (Fsp3) is 0.846.